The first-order chi connectivity index (χ1) is 12.8. The minimum atomic E-state index is -3.43. The Hall–Kier alpha value is -1.94. The van der Waals surface area contributed by atoms with Gasteiger partial charge in [-0.25, -0.2) is 12.7 Å². The van der Waals surface area contributed by atoms with E-state index in [1.54, 1.807) is 18.2 Å². The lowest BCUT2D eigenvalue weighted by atomic mass is 10.2. The Morgan fingerprint density at radius 2 is 1.89 bits per heavy atom. The first-order valence-corrected chi connectivity index (χ1v) is 11.4. The van der Waals surface area contributed by atoms with Crippen LogP contribution in [0.3, 0.4) is 0 Å². The number of benzene rings is 2. The quantitative estimate of drug-likeness (QED) is 0.579. The highest BCUT2D eigenvalue weighted by molar-refractivity contribution is 8.00. The van der Waals surface area contributed by atoms with Gasteiger partial charge in [0.25, 0.3) is 0 Å². The van der Waals surface area contributed by atoms with E-state index in [2.05, 4.69) is 15.5 Å². The third kappa shape index (κ3) is 5.07. The van der Waals surface area contributed by atoms with Crippen molar-refractivity contribution < 1.29 is 8.42 Å². The molecule has 0 saturated carbocycles. The van der Waals surface area contributed by atoms with E-state index in [9.17, 15) is 8.42 Å². The van der Waals surface area contributed by atoms with Crippen LogP contribution in [0.25, 0.3) is 0 Å². The molecule has 1 heterocycles. The number of rotatable bonds is 7. The second-order valence-electron chi connectivity index (χ2n) is 6.09. The summed E-state index contributed by atoms with van der Waals surface area (Å²) in [6.45, 7) is 2.04. The summed E-state index contributed by atoms with van der Waals surface area (Å²) in [7, 11) is -0.371. The second-order valence-corrected chi connectivity index (χ2v) is 10.4. The van der Waals surface area contributed by atoms with E-state index in [1.165, 1.54) is 47.1 Å². The molecular formula is C18H20N4O2S3. The van der Waals surface area contributed by atoms with E-state index in [4.69, 9.17) is 0 Å². The van der Waals surface area contributed by atoms with Crippen molar-refractivity contribution in [2.75, 3.05) is 19.4 Å². The van der Waals surface area contributed by atoms with Gasteiger partial charge >= 0.3 is 0 Å². The predicted molar refractivity (Wildman–Crippen MR) is 111 cm³/mol. The molecule has 9 heteroatoms. The van der Waals surface area contributed by atoms with Crippen molar-refractivity contribution in [2.24, 2.45) is 0 Å². The number of aryl methyl sites for hydroxylation is 1. The predicted octanol–water partition coefficient (Wildman–Crippen LogP) is 4.13. The Labute approximate surface area is 167 Å². The highest BCUT2D eigenvalue weighted by Crippen LogP contribution is 2.30. The lowest BCUT2D eigenvalue weighted by Crippen LogP contribution is -2.22. The first-order valence-electron chi connectivity index (χ1n) is 8.16. The van der Waals surface area contributed by atoms with Crippen LogP contribution in [0.4, 0.5) is 10.8 Å². The SMILES string of the molecule is Cc1cccc(Nc2nnc(SCc3cccc(S(=O)(=O)N(C)C)c3)s2)c1. The molecule has 0 bridgehead atoms. The topological polar surface area (TPSA) is 75.2 Å². The van der Waals surface area contributed by atoms with Gasteiger partial charge in [0.1, 0.15) is 0 Å². The smallest absolute Gasteiger partial charge is 0.242 e. The van der Waals surface area contributed by atoms with Gasteiger partial charge in [-0.15, -0.1) is 10.2 Å². The Morgan fingerprint density at radius 1 is 1.11 bits per heavy atom. The van der Waals surface area contributed by atoms with Crippen molar-refractivity contribution in [2.45, 2.75) is 21.9 Å². The van der Waals surface area contributed by atoms with Crippen molar-refractivity contribution in [1.82, 2.24) is 14.5 Å². The molecule has 0 radical (unpaired) electrons. The van der Waals surface area contributed by atoms with Crippen LogP contribution in [-0.4, -0.2) is 37.0 Å². The van der Waals surface area contributed by atoms with Crippen LogP contribution in [0.15, 0.2) is 57.8 Å². The molecule has 27 heavy (non-hydrogen) atoms. The molecule has 0 amide bonds. The third-order valence-electron chi connectivity index (χ3n) is 3.72. The third-order valence-corrected chi connectivity index (χ3v) is 7.57. The molecule has 6 nitrogen and oxygen atoms in total. The van der Waals surface area contributed by atoms with Crippen LogP contribution in [0, 0.1) is 6.92 Å². The molecule has 2 aromatic carbocycles. The van der Waals surface area contributed by atoms with E-state index in [-0.39, 0.29) is 0 Å². The molecule has 3 rings (SSSR count). The van der Waals surface area contributed by atoms with Gasteiger partial charge in [0.05, 0.1) is 4.90 Å². The van der Waals surface area contributed by atoms with Crippen molar-refractivity contribution in [3.05, 3.63) is 59.7 Å². The maximum absolute atomic E-state index is 12.2. The summed E-state index contributed by atoms with van der Waals surface area (Å²) in [6.07, 6.45) is 0. The normalized spacial score (nSPS) is 11.7. The molecule has 0 saturated heterocycles. The number of hydrogen-bond acceptors (Lipinski definition) is 7. The number of anilines is 2. The van der Waals surface area contributed by atoms with Gasteiger partial charge in [0.2, 0.25) is 15.2 Å². The van der Waals surface area contributed by atoms with Crippen LogP contribution in [0.5, 0.6) is 0 Å². The molecule has 3 aromatic rings. The number of nitrogens with one attached hydrogen (secondary N) is 1. The zero-order chi connectivity index (χ0) is 19.4. The molecule has 0 fully saturated rings. The Kier molecular flexibility index (Phi) is 6.15. The summed E-state index contributed by atoms with van der Waals surface area (Å²) in [6, 6.07) is 15.0. The van der Waals surface area contributed by atoms with Gasteiger partial charge in [-0.3, -0.25) is 0 Å². The van der Waals surface area contributed by atoms with E-state index in [0.29, 0.717) is 10.6 Å². The summed E-state index contributed by atoms with van der Waals surface area (Å²) in [4.78, 5) is 0.296. The molecule has 142 valence electrons. The van der Waals surface area contributed by atoms with Gasteiger partial charge in [0.15, 0.2) is 4.34 Å². The molecule has 0 aliphatic rings. The average molecular weight is 421 g/mol. The summed E-state index contributed by atoms with van der Waals surface area (Å²) in [5.74, 6) is 0.621. The van der Waals surface area contributed by atoms with Crippen LogP contribution >= 0.6 is 23.1 Å². The van der Waals surface area contributed by atoms with Gasteiger partial charge in [0, 0.05) is 25.5 Å². The Balaban J connectivity index is 1.65. The summed E-state index contributed by atoms with van der Waals surface area (Å²) < 4.78 is 26.5. The minimum absolute atomic E-state index is 0.296. The highest BCUT2D eigenvalue weighted by atomic mass is 32.2. The summed E-state index contributed by atoms with van der Waals surface area (Å²) >= 11 is 3.00. The van der Waals surface area contributed by atoms with Crippen LogP contribution in [-0.2, 0) is 15.8 Å². The number of sulfonamides is 1. The second kappa shape index (κ2) is 8.39. The Bertz CT molecular complexity index is 1030. The van der Waals surface area contributed by atoms with E-state index in [0.717, 1.165) is 20.7 Å². The average Bonchev–Trinajstić information content (AvgIpc) is 3.07. The molecule has 0 spiro atoms. The van der Waals surface area contributed by atoms with Crippen LogP contribution < -0.4 is 5.32 Å². The number of hydrogen-bond donors (Lipinski definition) is 1. The molecule has 0 unspecified atom stereocenters. The first kappa shape index (κ1) is 19.8. The number of nitrogens with zero attached hydrogens (tertiary/aromatic N) is 3. The zero-order valence-electron chi connectivity index (χ0n) is 15.2. The maximum atomic E-state index is 12.2. The van der Waals surface area contributed by atoms with Crippen molar-refractivity contribution in [3.8, 4) is 0 Å². The largest absolute Gasteiger partial charge is 0.330 e. The lowest BCUT2D eigenvalue weighted by Gasteiger charge is -2.12. The highest BCUT2D eigenvalue weighted by Gasteiger charge is 2.17. The molecule has 1 aromatic heterocycles. The van der Waals surface area contributed by atoms with Crippen molar-refractivity contribution in [1.29, 1.82) is 0 Å². The fourth-order valence-corrected chi connectivity index (χ4v) is 5.00. The number of aromatic nitrogens is 2. The maximum Gasteiger partial charge on any atom is 0.242 e. The molecule has 0 atom stereocenters. The number of thioether (sulfide) groups is 1. The standard InChI is InChI=1S/C18H20N4O2S3/c1-13-6-4-8-15(10-13)19-17-20-21-18(26-17)25-12-14-7-5-9-16(11-14)27(23,24)22(2)3/h4-11H,12H2,1-3H3,(H,19,20). The lowest BCUT2D eigenvalue weighted by molar-refractivity contribution is 0.520. The van der Waals surface area contributed by atoms with Gasteiger partial charge < -0.3 is 5.32 Å². The molecule has 0 aliphatic heterocycles. The fraction of sp³-hybridized carbons (Fsp3) is 0.222. The fourth-order valence-electron chi connectivity index (χ4n) is 2.32. The molecule has 1 N–H and O–H groups in total. The van der Waals surface area contributed by atoms with Gasteiger partial charge in [-0.2, -0.15) is 0 Å². The van der Waals surface area contributed by atoms with E-state index >= 15 is 0 Å². The summed E-state index contributed by atoms with van der Waals surface area (Å²) in [5.41, 5.74) is 3.07. The van der Waals surface area contributed by atoms with E-state index in [1.807, 2.05) is 37.3 Å². The minimum Gasteiger partial charge on any atom is -0.330 e. The zero-order valence-corrected chi connectivity index (χ0v) is 17.7. The molecular weight excluding hydrogens is 400 g/mol. The van der Waals surface area contributed by atoms with Crippen molar-refractivity contribution >= 4 is 43.9 Å². The summed E-state index contributed by atoms with van der Waals surface area (Å²) in [5, 5.41) is 12.3. The van der Waals surface area contributed by atoms with Gasteiger partial charge in [-0.1, -0.05) is 47.4 Å². The molecule has 0 aliphatic carbocycles. The van der Waals surface area contributed by atoms with Gasteiger partial charge in [-0.05, 0) is 42.3 Å². The van der Waals surface area contributed by atoms with Crippen molar-refractivity contribution in [3.63, 3.8) is 0 Å². The monoisotopic (exact) mass is 420 g/mol. The van der Waals surface area contributed by atoms with Crippen LogP contribution in [0.1, 0.15) is 11.1 Å². The van der Waals surface area contributed by atoms with Crippen LogP contribution in [0.2, 0.25) is 0 Å². The van der Waals surface area contributed by atoms with E-state index < -0.39 is 10.0 Å². The Morgan fingerprint density at radius 3 is 2.63 bits per heavy atom.